The molecule has 6 heteroatoms. The zero-order valence-corrected chi connectivity index (χ0v) is 7.15. The third kappa shape index (κ3) is 1.64. The lowest BCUT2D eigenvalue weighted by molar-refractivity contribution is 0.0698. The summed E-state index contributed by atoms with van der Waals surface area (Å²) in [4.78, 5) is 21.7. The van der Waals surface area contributed by atoms with Gasteiger partial charge in [0.1, 0.15) is 0 Å². The van der Waals surface area contributed by atoms with E-state index in [0.717, 1.165) is 0 Å². The van der Waals surface area contributed by atoms with E-state index < -0.39 is 11.9 Å². The molecule has 0 bridgehead atoms. The van der Waals surface area contributed by atoms with E-state index in [1.807, 2.05) is 5.43 Å². The lowest BCUT2D eigenvalue weighted by atomic mass is 10.1. The number of carbonyl (C=O) groups is 2. The molecule has 0 spiro atoms. The summed E-state index contributed by atoms with van der Waals surface area (Å²) in [6.45, 7) is 0. The number of nitrogens with one attached hydrogen (secondary N) is 1. The van der Waals surface area contributed by atoms with Crippen LogP contribution in [0, 0.1) is 0 Å². The summed E-state index contributed by atoms with van der Waals surface area (Å²) in [5.41, 5.74) is 7.17. The van der Waals surface area contributed by atoms with E-state index in [2.05, 4.69) is 0 Å². The Labute approximate surface area is 79.5 Å². The summed E-state index contributed by atoms with van der Waals surface area (Å²) < 4.78 is 0. The van der Waals surface area contributed by atoms with Crippen LogP contribution >= 0.6 is 0 Å². The molecular weight excluding hydrogens is 186 g/mol. The summed E-state index contributed by atoms with van der Waals surface area (Å²) in [5, 5.41) is 8.70. The summed E-state index contributed by atoms with van der Waals surface area (Å²) in [6.07, 6.45) is 0. The highest BCUT2D eigenvalue weighted by atomic mass is 16.4. The van der Waals surface area contributed by atoms with Crippen LogP contribution in [0.4, 0.5) is 5.69 Å². The summed E-state index contributed by atoms with van der Waals surface area (Å²) in [5.74, 6) is 3.09. The molecule has 14 heavy (non-hydrogen) atoms. The van der Waals surface area contributed by atoms with Crippen molar-refractivity contribution in [3.63, 3.8) is 0 Å². The van der Waals surface area contributed by atoms with Gasteiger partial charge in [0.2, 0.25) is 0 Å². The Bertz CT molecular complexity index is 389. The molecule has 0 saturated heterocycles. The quantitative estimate of drug-likeness (QED) is 0.221. The Kier molecular flexibility index (Phi) is 2.68. The van der Waals surface area contributed by atoms with Crippen molar-refractivity contribution in [1.82, 2.24) is 5.43 Å². The average molecular weight is 195 g/mol. The molecule has 1 amide bonds. The first-order valence-corrected chi connectivity index (χ1v) is 3.70. The van der Waals surface area contributed by atoms with Crippen molar-refractivity contribution in [2.24, 2.45) is 5.84 Å². The van der Waals surface area contributed by atoms with Gasteiger partial charge in [-0.3, -0.25) is 10.2 Å². The minimum Gasteiger partial charge on any atom is -0.478 e. The van der Waals surface area contributed by atoms with Gasteiger partial charge in [-0.2, -0.15) is 0 Å². The van der Waals surface area contributed by atoms with Crippen molar-refractivity contribution in [3.05, 3.63) is 29.3 Å². The number of nitrogens with two attached hydrogens (primary N) is 2. The van der Waals surface area contributed by atoms with Crippen LogP contribution in [0.5, 0.6) is 0 Å². The Morgan fingerprint density at radius 1 is 1.29 bits per heavy atom. The zero-order chi connectivity index (χ0) is 10.7. The van der Waals surface area contributed by atoms with Gasteiger partial charge < -0.3 is 10.8 Å². The van der Waals surface area contributed by atoms with E-state index in [1.165, 1.54) is 18.2 Å². The number of rotatable bonds is 2. The smallest absolute Gasteiger partial charge is 0.337 e. The van der Waals surface area contributed by atoms with Gasteiger partial charge in [-0.15, -0.1) is 0 Å². The van der Waals surface area contributed by atoms with Gasteiger partial charge in [0, 0.05) is 0 Å². The molecule has 0 aromatic heterocycles. The third-order valence-corrected chi connectivity index (χ3v) is 1.71. The minimum atomic E-state index is -1.19. The first kappa shape index (κ1) is 10.0. The van der Waals surface area contributed by atoms with E-state index in [-0.39, 0.29) is 16.8 Å². The van der Waals surface area contributed by atoms with E-state index in [9.17, 15) is 9.59 Å². The fourth-order valence-electron chi connectivity index (χ4n) is 1.03. The summed E-state index contributed by atoms with van der Waals surface area (Å²) in [7, 11) is 0. The number of para-hydroxylation sites is 1. The molecule has 6 nitrogen and oxygen atoms in total. The van der Waals surface area contributed by atoms with Gasteiger partial charge >= 0.3 is 5.97 Å². The number of hydrogen-bond donors (Lipinski definition) is 4. The first-order valence-electron chi connectivity index (χ1n) is 3.70. The highest BCUT2D eigenvalue weighted by molar-refractivity contribution is 6.04. The number of carbonyl (C=O) groups excluding carboxylic acids is 1. The van der Waals surface area contributed by atoms with Crippen LogP contribution in [-0.4, -0.2) is 17.0 Å². The van der Waals surface area contributed by atoms with Crippen molar-refractivity contribution < 1.29 is 14.7 Å². The lowest BCUT2D eigenvalue weighted by Gasteiger charge is -2.06. The molecule has 0 radical (unpaired) electrons. The second-order valence-electron chi connectivity index (χ2n) is 2.55. The van der Waals surface area contributed by atoms with E-state index in [1.54, 1.807) is 0 Å². The fraction of sp³-hybridized carbons (Fsp3) is 0. The Balaban J connectivity index is 3.27. The molecule has 1 rings (SSSR count). The van der Waals surface area contributed by atoms with Crippen LogP contribution in [0.1, 0.15) is 20.7 Å². The molecule has 0 unspecified atom stereocenters. The van der Waals surface area contributed by atoms with E-state index >= 15 is 0 Å². The van der Waals surface area contributed by atoms with Crippen LogP contribution in [-0.2, 0) is 0 Å². The predicted octanol–water partition coefficient (Wildman–Crippen LogP) is -0.430. The number of carboxylic acids is 1. The van der Waals surface area contributed by atoms with E-state index in [0.29, 0.717) is 0 Å². The number of hydrazine groups is 1. The Morgan fingerprint density at radius 3 is 2.36 bits per heavy atom. The summed E-state index contributed by atoms with van der Waals surface area (Å²) in [6, 6.07) is 4.12. The standard InChI is InChI=1S/C8H9N3O3/c9-6-4(7(12)11-10)2-1-3-5(6)8(13)14/h1-3H,9-10H2,(H,11,12)(H,13,14). The SMILES string of the molecule is NNC(=O)c1cccc(C(=O)O)c1N. The number of amides is 1. The van der Waals surface area contributed by atoms with Gasteiger partial charge in [0.05, 0.1) is 16.8 Å². The molecule has 0 heterocycles. The fourth-order valence-corrected chi connectivity index (χ4v) is 1.03. The molecule has 0 saturated carbocycles. The van der Waals surface area contributed by atoms with Crippen LogP contribution < -0.4 is 17.0 Å². The summed E-state index contributed by atoms with van der Waals surface area (Å²) >= 11 is 0. The largest absolute Gasteiger partial charge is 0.478 e. The Morgan fingerprint density at radius 2 is 1.86 bits per heavy atom. The molecule has 1 aromatic rings. The molecule has 0 aliphatic rings. The van der Waals surface area contributed by atoms with Crippen LogP contribution in [0.15, 0.2) is 18.2 Å². The number of benzene rings is 1. The van der Waals surface area contributed by atoms with Crippen molar-refractivity contribution in [3.8, 4) is 0 Å². The van der Waals surface area contributed by atoms with Gasteiger partial charge in [0.25, 0.3) is 5.91 Å². The zero-order valence-electron chi connectivity index (χ0n) is 7.15. The molecule has 0 fully saturated rings. The normalized spacial score (nSPS) is 9.50. The van der Waals surface area contributed by atoms with Gasteiger partial charge in [-0.25, -0.2) is 10.6 Å². The van der Waals surface area contributed by atoms with Crippen LogP contribution in [0.3, 0.4) is 0 Å². The molecule has 0 aliphatic heterocycles. The maximum Gasteiger partial charge on any atom is 0.337 e. The van der Waals surface area contributed by atoms with Crippen molar-refractivity contribution in [2.75, 3.05) is 5.73 Å². The van der Waals surface area contributed by atoms with E-state index in [4.69, 9.17) is 16.7 Å². The highest BCUT2D eigenvalue weighted by Crippen LogP contribution is 2.17. The highest BCUT2D eigenvalue weighted by Gasteiger charge is 2.14. The lowest BCUT2D eigenvalue weighted by Crippen LogP contribution is -2.31. The Hall–Kier alpha value is -2.08. The van der Waals surface area contributed by atoms with Crippen LogP contribution in [0.25, 0.3) is 0 Å². The second kappa shape index (κ2) is 3.75. The molecule has 0 aliphatic carbocycles. The molecule has 0 atom stereocenters. The monoisotopic (exact) mass is 195 g/mol. The van der Waals surface area contributed by atoms with Crippen molar-refractivity contribution in [2.45, 2.75) is 0 Å². The topological polar surface area (TPSA) is 118 Å². The maximum absolute atomic E-state index is 11.1. The minimum absolute atomic E-state index is 0.0485. The van der Waals surface area contributed by atoms with Gasteiger partial charge in [-0.1, -0.05) is 6.07 Å². The third-order valence-electron chi connectivity index (χ3n) is 1.71. The van der Waals surface area contributed by atoms with Crippen LogP contribution in [0.2, 0.25) is 0 Å². The molecule has 1 aromatic carbocycles. The molecular formula is C8H9N3O3. The van der Waals surface area contributed by atoms with Crippen molar-refractivity contribution >= 4 is 17.6 Å². The predicted molar refractivity (Wildman–Crippen MR) is 49.5 cm³/mol. The molecule has 74 valence electrons. The maximum atomic E-state index is 11.1. The van der Waals surface area contributed by atoms with Gasteiger partial charge in [-0.05, 0) is 12.1 Å². The second-order valence-corrected chi connectivity index (χ2v) is 2.55. The number of hydrogen-bond acceptors (Lipinski definition) is 4. The molecule has 6 N–H and O–H groups in total. The number of anilines is 1. The average Bonchev–Trinajstić information content (AvgIpc) is 2.16. The van der Waals surface area contributed by atoms with Crippen molar-refractivity contribution in [1.29, 1.82) is 0 Å². The van der Waals surface area contributed by atoms with Gasteiger partial charge in [0.15, 0.2) is 0 Å². The number of carboxylic acid groups (broad SMARTS) is 1. The number of aromatic carboxylic acids is 1. The number of nitrogen functional groups attached to an aromatic ring is 2. The first-order chi connectivity index (χ1) is 6.57.